The second kappa shape index (κ2) is 23.4. The van der Waals surface area contributed by atoms with Gasteiger partial charge in [-0.05, 0) is 92.0 Å². The predicted molar refractivity (Wildman–Crippen MR) is 264 cm³/mol. The highest BCUT2D eigenvalue weighted by molar-refractivity contribution is 7.91. The molecule has 372 valence electrons. The number of hydrogen-bond acceptors (Lipinski definition) is 13. The summed E-state index contributed by atoms with van der Waals surface area (Å²) in [7, 11) is -3.54. The fourth-order valence-electron chi connectivity index (χ4n) is 9.05. The van der Waals surface area contributed by atoms with Gasteiger partial charge in [0, 0.05) is 49.0 Å². The number of fused-ring (bicyclic) bond motifs is 1. The lowest BCUT2D eigenvalue weighted by Gasteiger charge is -2.29. The lowest BCUT2D eigenvalue weighted by atomic mass is 10.0. The number of thiophene rings is 1. The normalized spacial score (nSPS) is 18.0. The number of rotatable bonds is 22. The lowest BCUT2D eigenvalue weighted by molar-refractivity contribution is -0.139. The molecular formula is C49H55ClN6O12S2. The Balaban J connectivity index is 0.794. The van der Waals surface area contributed by atoms with E-state index in [-0.39, 0.29) is 83.4 Å². The molecule has 1 saturated heterocycles. The van der Waals surface area contributed by atoms with E-state index in [4.69, 9.17) is 21.4 Å². The molecule has 3 atom stereocenters. The maximum atomic E-state index is 13.7. The Hall–Kier alpha value is -6.51. The number of nitrogens with one attached hydrogen (secondary N) is 5. The summed E-state index contributed by atoms with van der Waals surface area (Å²) in [4.78, 5) is 87.4. The summed E-state index contributed by atoms with van der Waals surface area (Å²) in [5.74, 6) is -4.52. The summed E-state index contributed by atoms with van der Waals surface area (Å²) in [6, 6.07) is 18.7. The Labute approximate surface area is 413 Å². The summed E-state index contributed by atoms with van der Waals surface area (Å²) in [6.45, 7) is -0.120. The van der Waals surface area contributed by atoms with Crippen molar-refractivity contribution in [3.8, 4) is 16.2 Å². The van der Waals surface area contributed by atoms with Crippen LogP contribution in [-0.4, -0.2) is 102 Å². The number of carboxylic acid groups (broad SMARTS) is 2. The molecular weight excluding hydrogens is 964 g/mol. The van der Waals surface area contributed by atoms with E-state index in [2.05, 4.69) is 26.6 Å². The number of ether oxygens (including phenoxy) is 1. The van der Waals surface area contributed by atoms with Crippen LogP contribution in [0.4, 0.5) is 17.1 Å². The maximum absolute atomic E-state index is 13.7. The molecule has 1 aromatic heterocycles. The monoisotopic (exact) mass is 1020 g/mol. The van der Waals surface area contributed by atoms with Gasteiger partial charge in [-0.2, -0.15) is 0 Å². The maximum Gasteiger partial charge on any atom is 0.349 e. The van der Waals surface area contributed by atoms with Gasteiger partial charge in [0.15, 0.2) is 27.1 Å². The number of anilines is 3. The van der Waals surface area contributed by atoms with Gasteiger partial charge < -0.3 is 41.1 Å². The largest absolute Gasteiger partial charge is 0.479 e. The Kier molecular flexibility index (Phi) is 17.2. The third-order valence-electron chi connectivity index (χ3n) is 12.5. The van der Waals surface area contributed by atoms with Gasteiger partial charge in [-0.3, -0.25) is 29.3 Å². The van der Waals surface area contributed by atoms with Crippen molar-refractivity contribution in [1.82, 2.24) is 15.5 Å². The molecule has 3 aliphatic rings. The molecule has 3 aromatic carbocycles. The first-order chi connectivity index (χ1) is 33.6. The number of piperidine rings is 1. The van der Waals surface area contributed by atoms with Crippen molar-refractivity contribution < 1.29 is 56.9 Å². The number of benzene rings is 3. The fourth-order valence-corrected chi connectivity index (χ4v) is 12.3. The van der Waals surface area contributed by atoms with Crippen LogP contribution in [0.3, 0.4) is 0 Å². The molecule has 2 fully saturated rings. The van der Waals surface area contributed by atoms with Crippen LogP contribution in [-0.2, 0) is 46.1 Å². The van der Waals surface area contributed by atoms with E-state index in [0.29, 0.717) is 78.0 Å². The van der Waals surface area contributed by atoms with Gasteiger partial charge in [0.1, 0.15) is 11.1 Å². The number of unbranched alkanes of at least 4 members (excludes halogenated alkanes) is 3. The van der Waals surface area contributed by atoms with Gasteiger partial charge in [-0.15, -0.1) is 11.3 Å². The smallest absolute Gasteiger partial charge is 0.349 e. The minimum atomic E-state index is -3.54. The van der Waals surface area contributed by atoms with Crippen molar-refractivity contribution in [2.24, 2.45) is 0 Å². The van der Waals surface area contributed by atoms with E-state index in [9.17, 15) is 47.1 Å². The molecule has 0 bridgehead atoms. The van der Waals surface area contributed by atoms with Crippen molar-refractivity contribution in [3.63, 3.8) is 0 Å². The summed E-state index contributed by atoms with van der Waals surface area (Å²) >= 11 is 7.39. The second-order valence-corrected chi connectivity index (χ2v) is 21.3. The zero-order valence-corrected chi connectivity index (χ0v) is 40.6. The average Bonchev–Trinajstić information content (AvgIpc) is 3.72. The fraction of sp³-hybridized carbons (Fsp3) is 0.408. The van der Waals surface area contributed by atoms with Gasteiger partial charge in [0.05, 0.1) is 28.0 Å². The van der Waals surface area contributed by atoms with Crippen LogP contribution >= 0.6 is 22.9 Å². The van der Waals surface area contributed by atoms with E-state index in [1.54, 1.807) is 54.6 Å². The van der Waals surface area contributed by atoms with Gasteiger partial charge in [0.25, 0.3) is 5.91 Å². The van der Waals surface area contributed by atoms with Crippen LogP contribution in [0, 0.1) is 0 Å². The molecule has 18 nitrogen and oxygen atoms in total. The first kappa shape index (κ1) is 51.3. The molecule has 2 aliphatic heterocycles. The number of halogens is 1. The molecule has 21 heteroatoms. The third kappa shape index (κ3) is 13.2. The lowest BCUT2D eigenvalue weighted by Crippen LogP contribution is -2.52. The highest BCUT2D eigenvalue weighted by atomic mass is 35.5. The topological polar surface area (TPSA) is 267 Å². The van der Waals surface area contributed by atoms with E-state index in [1.807, 2.05) is 12.1 Å². The van der Waals surface area contributed by atoms with Gasteiger partial charge in [0.2, 0.25) is 23.6 Å². The second-order valence-electron chi connectivity index (χ2n) is 17.6. The molecule has 1 aliphatic carbocycles. The third-order valence-corrected chi connectivity index (χ3v) is 16.4. The van der Waals surface area contributed by atoms with Crippen molar-refractivity contribution in [2.45, 2.75) is 107 Å². The summed E-state index contributed by atoms with van der Waals surface area (Å²) in [6.07, 6.45) is 6.58. The minimum Gasteiger partial charge on any atom is -0.479 e. The quantitative estimate of drug-likeness (QED) is 0.0242. The van der Waals surface area contributed by atoms with Crippen molar-refractivity contribution in [2.75, 3.05) is 35.6 Å². The molecule has 0 spiro atoms. The first-order valence-electron chi connectivity index (χ1n) is 23.2. The molecule has 3 unspecified atom stereocenters. The Morgan fingerprint density at radius 2 is 1.64 bits per heavy atom. The molecule has 7 N–H and O–H groups in total. The highest BCUT2D eigenvalue weighted by Crippen LogP contribution is 2.46. The zero-order valence-electron chi connectivity index (χ0n) is 38.2. The number of sulfone groups is 1. The molecule has 70 heavy (non-hydrogen) atoms. The molecule has 5 amide bonds. The van der Waals surface area contributed by atoms with Gasteiger partial charge >= 0.3 is 11.9 Å². The van der Waals surface area contributed by atoms with Crippen molar-refractivity contribution in [1.29, 1.82) is 0 Å². The Morgan fingerprint density at radius 3 is 2.43 bits per heavy atom. The zero-order chi connectivity index (χ0) is 50.0. The van der Waals surface area contributed by atoms with Crippen LogP contribution < -0.4 is 31.3 Å². The first-order valence-corrected chi connectivity index (χ1v) is 26.1. The highest BCUT2D eigenvalue weighted by Gasteiger charge is 2.40. The van der Waals surface area contributed by atoms with E-state index < -0.39 is 45.6 Å². The van der Waals surface area contributed by atoms with Crippen molar-refractivity contribution >= 4 is 91.3 Å². The number of amides is 5. The van der Waals surface area contributed by atoms with Crippen LogP contribution in [0.5, 0.6) is 5.75 Å². The van der Waals surface area contributed by atoms with Crippen LogP contribution in [0.15, 0.2) is 66.7 Å². The number of aromatic carboxylic acids is 1. The number of carbonyl (C=O) groups excluding carboxylic acids is 5. The van der Waals surface area contributed by atoms with Crippen LogP contribution in [0.25, 0.3) is 10.4 Å². The summed E-state index contributed by atoms with van der Waals surface area (Å²) in [5, 5.41) is 32.8. The van der Waals surface area contributed by atoms with E-state index in [1.165, 1.54) is 4.90 Å². The van der Waals surface area contributed by atoms with Crippen LogP contribution in [0.2, 0.25) is 5.02 Å². The number of nitrogens with zero attached hydrogens (tertiary/aromatic N) is 1. The number of hydrogen-bond donors (Lipinski definition) is 7. The van der Waals surface area contributed by atoms with Crippen molar-refractivity contribution in [3.05, 3.63) is 93.3 Å². The summed E-state index contributed by atoms with van der Waals surface area (Å²) in [5.41, 5.74) is 4.10. The Morgan fingerprint density at radius 1 is 0.871 bits per heavy atom. The predicted octanol–water partition coefficient (Wildman–Crippen LogP) is 6.84. The number of carbonyl (C=O) groups is 7. The van der Waals surface area contributed by atoms with E-state index in [0.717, 1.165) is 41.9 Å². The number of aliphatic carboxylic acids is 1. The molecule has 3 heterocycles. The minimum absolute atomic E-state index is 0.00620. The molecule has 4 aromatic rings. The van der Waals surface area contributed by atoms with Gasteiger partial charge in [-0.25, -0.2) is 18.0 Å². The number of imide groups is 1. The molecule has 1 saturated carbocycles. The molecule has 7 rings (SSSR count). The average molecular weight is 1020 g/mol. The van der Waals surface area contributed by atoms with Gasteiger partial charge in [-0.1, -0.05) is 67.3 Å². The summed E-state index contributed by atoms with van der Waals surface area (Å²) < 4.78 is 32.7. The molecule has 0 radical (unpaired) electrons. The van der Waals surface area contributed by atoms with Crippen LogP contribution in [0.1, 0.15) is 108 Å². The van der Waals surface area contributed by atoms with E-state index >= 15 is 0 Å². The SMILES string of the molecule is O=C(O)COc1c(C(=O)O)sc(-c2cccc(NC3CCCC(S(=O)(=O)Cc4cccc(NC(=O)CCCCCCNC(=O)CNc5cccc6c5C(=O)N(C5CCC(=O)NC5=O)C6)c4)CC3)c2)c1Cl. The Bertz CT molecular complexity index is 2770. The number of carboxylic acids is 2. The standard InChI is InChI=1S/C49H55ClN6O12S2/c50-43-44(68-27-41(60)61)46(49(64)65)69-45(43)30-10-6-14-34(24-30)53-32-12-8-15-35(19-18-32)70(66,67)28-29-9-5-13-33(23-29)54-38(57)17-3-1-2-4-22-51-40(59)25-52-36-16-7-11-31-26-56(48(63)42(31)36)37-20-21-39(58)55-47(37)62/h5-7,9-11,13-14,16,23-24,32,35,37,52-53H,1-4,8,12,15,17-22,25-28H2,(H,51,59)(H,54,57)(H,60,61)(H,64,65)(H,55,58,62).